The van der Waals surface area contributed by atoms with Crippen LogP contribution < -0.4 is 4.74 Å². The quantitative estimate of drug-likeness (QED) is 0.329. The summed E-state index contributed by atoms with van der Waals surface area (Å²) in [5, 5.41) is 0. The van der Waals surface area contributed by atoms with E-state index >= 15 is 0 Å². The number of esters is 2. The van der Waals surface area contributed by atoms with Crippen LogP contribution in [0.4, 0.5) is 18.9 Å². The van der Waals surface area contributed by atoms with Gasteiger partial charge in [-0.05, 0) is 42.0 Å². The molecule has 0 fully saturated rings. The molecule has 0 heterocycles. The summed E-state index contributed by atoms with van der Waals surface area (Å²) in [7, 11) is 1.42. The zero-order chi connectivity index (χ0) is 24.6. The Balaban J connectivity index is 1.95. The number of methoxy groups -OCH3 is 1. The van der Waals surface area contributed by atoms with Crippen LogP contribution in [-0.2, 0) is 20.9 Å². The second kappa shape index (κ2) is 11.1. The molecule has 34 heavy (non-hydrogen) atoms. The highest BCUT2D eigenvalue weighted by Crippen LogP contribution is 2.28. The summed E-state index contributed by atoms with van der Waals surface area (Å²) in [5.41, 5.74) is -0.655. The van der Waals surface area contributed by atoms with E-state index < -0.39 is 29.9 Å². The number of aliphatic imine (C=N–C) groups is 1. The van der Waals surface area contributed by atoms with Gasteiger partial charge in [-0.1, -0.05) is 48.5 Å². The molecule has 0 aliphatic rings. The van der Waals surface area contributed by atoms with Gasteiger partial charge in [0.25, 0.3) is 0 Å². The molecule has 0 spiro atoms. The summed E-state index contributed by atoms with van der Waals surface area (Å²) < 4.78 is 56.9. The van der Waals surface area contributed by atoms with Crippen LogP contribution in [0, 0.1) is 0 Å². The Hall–Kier alpha value is -4.14. The maximum atomic E-state index is 14.0. The Labute approximate surface area is 193 Å². The Morgan fingerprint density at radius 3 is 2.03 bits per heavy atom. The SMILES string of the molecule is COc1ccc(N=C(C(=O)OCc2ccccc2)[C@H](OC(=O)c2ccccc2)C(F)(F)F)cc1. The fourth-order valence-electron chi connectivity index (χ4n) is 2.83. The number of alkyl halides is 3. The zero-order valence-electron chi connectivity index (χ0n) is 18.0. The molecule has 1 atom stereocenters. The number of hydrogen-bond donors (Lipinski definition) is 0. The van der Waals surface area contributed by atoms with Gasteiger partial charge in [0.15, 0.2) is 5.71 Å². The fourth-order valence-corrected chi connectivity index (χ4v) is 2.83. The summed E-state index contributed by atoms with van der Waals surface area (Å²) in [5.74, 6) is -2.20. The van der Waals surface area contributed by atoms with Crippen molar-refractivity contribution < 1.29 is 37.0 Å². The number of hydrogen-bond acceptors (Lipinski definition) is 6. The Kier molecular flexibility index (Phi) is 8.02. The Morgan fingerprint density at radius 2 is 1.47 bits per heavy atom. The summed E-state index contributed by atoms with van der Waals surface area (Å²) in [6.07, 6.45) is -8.09. The van der Waals surface area contributed by atoms with Gasteiger partial charge in [-0.2, -0.15) is 13.2 Å². The predicted octanol–water partition coefficient (Wildman–Crippen LogP) is 5.30. The van der Waals surface area contributed by atoms with Crippen LogP contribution in [0.1, 0.15) is 15.9 Å². The summed E-state index contributed by atoms with van der Waals surface area (Å²) in [6.45, 7) is -0.293. The Morgan fingerprint density at radius 1 is 0.882 bits per heavy atom. The minimum atomic E-state index is -5.14. The van der Waals surface area contributed by atoms with Gasteiger partial charge in [-0.15, -0.1) is 0 Å². The third-order valence-corrected chi connectivity index (χ3v) is 4.52. The third kappa shape index (κ3) is 6.68. The van der Waals surface area contributed by atoms with E-state index in [4.69, 9.17) is 14.2 Å². The summed E-state index contributed by atoms with van der Waals surface area (Å²) in [6, 6.07) is 21.2. The van der Waals surface area contributed by atoms with Crippen LogP contribution in [0.2, 0.25) is 0 Å². The maximum absolute atomic E-state index is 14.0. The highest BCUT2D eigenvalue weighted by atomic mass is 19.4. The highest BCUT2D eigenvalue weighted by Gasteiger charge is 2.49. The molecule has 0 aliphatic carbocycles. The molecule has 0 amide bonds. The zero-order valence-corrected chi connectivity index (χ0v) is 18.0. The van der Waals surface area contributed by atoms with Crippen molar-refractivity contribution in [2.75, 3.05) is 7.11 Å². The van der Waals surface area contributed by atoms with Crippen LogP contribution in [-0.4, -0.2) is 37.0 Å². The lowest BCUT2D eigenvalue weighted by molar-refractivity contribution is -0.184. The molecule has 0 aliphatic heterocycles. The van der Waals surface area contributed by atoms with E-state index in [2.05, 4.69) is 4.99 Å². The van der Waals surface area contributed by atoms with E-state index in [9.17, 15) is 22.8 Å². The van der Waals surface area contributed by atoms with E-state index in [0.717, 1.165) is 0 Å². The van der Waals surface area contributed by atoms with E-state index in [1.165, 1.54) is 55.6 Å². The van der Waals surface area contributed by atoms with Crippen molar-refractivity contribution >= 4 is 23.3 Å². The molecular formula is C25H20F3NO5. The topological polar surface area (TPSA) is 74.2 Å². The fraction of sp³-hybridized carbons (Fsp3) is 0.160. The number of nitrogens with zero attached hydrogens (tertiary/aromatic N) is 1. The normalized spacial score (nSPS) is 12.5. The van der Waals surface area contributed by atoms with Gasteiger partial charge in [0.2, 0.25) is 6.10 Å². The lowest BCUT2D eigenvalue weighted by Crippen LogP contribution is -2.44. The van der Waals surface area contributed by atoms with Crippen molar-refractivity contribution in [3.8, 4) is 5.75 Å². The van der Waals surface area contributed by atoms with Crippen molar-refractivity contribution in [2.24, 2.45) is 4.99 Å². The van der Waals surface area contributed by atoms with Gasteiger partial charge >= 0.3 is 18.1 Å². The maximum Gasteiger partial charge on any atom is 0.431 e. The van der Waals surface area contributed by atoms with E-state index in [1.807, 2.05) is 0 Å². The van der Waals surface area contributed by atoms with E-state index in [0.29, 0.717) is 11.3 Å². The van der Waals surface area contributed by atoms with Gasteiger partial charge in [0.1, 0.15) is 12.4 Å². The van der Waals surface area contributed by atoms with Gasteiger partial charge in [-0.25, -0.2) is 14.6 Å². The highest BCUT2D eigenvalue weighted by molar-refractivity contribution is 6.39. The standard InChI is InChI=1S/C25H20F3NO5/c1-32-20-14-12-19(13-15-20)29-21(24(31)33-16-17-8-4-2-5-9-17)22(25(26,27)28)34-23(30)18-10-6-3-7-11-18/h2-15,22H,16H2,1H3/t22-/m0/s1. The van der Waals surface area contributed by atoms with Gasteiger partial charge in [0.05, 0.1) is 18.4 Å². The number of rotatable bonds is 8. The molecule has 3 aromatic carbocycles. The lowest BCUT2D eigenvalue weighted by atomic mass is 10.1. The number of carbonyl (C=O) groups excluding carboxylic acids is 2. The summed E-state index contributed by atoms with van der Waals surface area (Å²) >= 11 is 0. The number of ether oxygens (including phenoxy) is 3. The second-order valence-corrected chi connectivity index (χ2v) is 6.95. The van der Waals surface area contributed by atoms with Gasteiger partial charge < -0.3 is 14.2 Å². The van der Waals surface area contributed by atoms with Crippen molar-refractivity contribution in [1.82, 2.24) is 0 Å². The van der Waals surface area contributed by atoms with Crippen LogP contribution in [0.25, 0.3) is 0 Å². The molecular weight excluding hydrogens is 451 g/mol. The molecule has 3 rings (SSSR count). The number of benzene rings is 3. The third-order valence-electron chi connectivity index (χ3n) is 4.52. The molecule has 3 aromatic rings. The number of halogens is 3. The van der Waals surface area contributed by atoms with E-state index in [-0.39, 0.29) is 17.9 Å². The first-order valence-electron chi connectivity index (χ1n) is 10.0. The molecule has 0 N–H and O–H groups in total. The van der Waals surface area contributed by atoms with Gasteiger partial charge in [-0.3, -0.25) is 0 Å². The number of carbonyl (C=O) groups is 2. The molecule has 0 saturated carbocycles. The smallest absolute Gasteiger partial charge is 0.431 e. The van der Waals surface area contributed by atoms with Crippen molar-refractivity contribution in [3.63, 3.8) is 0 Å². The second-order valence-electron chi connectivity index (χ2n) is 6.95. The van der Waals surface area contributed by atoms with E-state index in [1.54, 1.807) is 36.4 Å². The monoisotopic (exact) mass is 471 g/mol. The first-order valence-corrected chi connectivity index (χ1v) is 10.0. The molecule has 0 aromatic heterocycles. The van der Waals surface area contributed by atoms with Crippen LogP contribution in [0.15, 0.2) is 89.9 Å². The minimum Gasteiger partial charge on any atom is -0.497 e. The minimum absolute atomic E-state index is 0.0115. The lowest BCUT2D eigenvalue weighted by Gasteiger charge is -2.21. The molecule has 6 nitrogen and oxygen atoms in total. The molecule has 0 bridgehead atoms. The molecule has 0 saturated heterocycles. The van der Waals surface area contributed by atoms with Gasteiger partial charge in [0, 0.05) is 0 Å². The van der Waals surface area contributed by atoms with Crippen LogP contribution in [0.3, 0.4) is 0 Å². The van der Waals surface area contributed by atoms with Crippen molar-refractivity contribution in [3.05, 3.63) is 96.1 Å². The van der Waals surface area contributed by atoms with Crippen molar-refractivity contribution in [1.29, 1.82) is 0 Å². The predicted molar refractivity (Wildman–Crippen MR) is 118 cm³/mol. The first kappa shape index (κ1) is 24.5. The van der Waals surface area contributed by atoms with Crippen molar-refractivity contribution in [2.45, 2.75) is 18.9 Å². The van der Waals surface area contributed by atoms with Crippen LogP contribution >= 0.6 is 0 Å². The van der Waals surface area contributed by atoms with Crippen LogP contribution in [0.5, 0.6) is 5.75 Å². The molecule has 0 unspecified atom stereocenters. The Bertz CT molecular complexity index is 1130. The molecule has 9 heteroatoms. The first-order chi connectivity index (χ1) is 16.3. The largest absolute Gasteiger partial charge is 0.497 e. The average Bonchev–Trinajstić information content (AvgIpc) is 2.85. The average molecular weight is 471 g/mol. The molecule has 176 valence electrons. The summed E-state index contributed by atoms with van der Waals surface area (Å²) in [4.78, 5) is 29.0. The molecule has 0 radical (unpaired) electrons.